The molecule has 0 spiro atoms. The number of barbiturate groups is 1. The van der Waals surface area contributed by atoms with Gasteiger partial charge in [-0.1, -0.05) is 66.7 Å². The summed E-state index contributed by atoms with van der Waals surface area (Å²) < 4.78 is 6.16. The van der Waals surface area contributed by atoms with Gasteiger partial charge in [0.1, 0.15) is 17.9 Å². The molecule has 0 saturated carbocycles. The zero-order valence-corrected chi connectivity index (χ0v) is 22.6. The quantitative estimate of drug-likeness (QED) is 0.0912. The summed E-state index contributed by atoms with van der Waals surface area (Å²) in [4.78, 5) is 54.1. The number of rotatable bonds is 7. The Morgan fingerprint density at radius 1 is 0.674 bits per heavy atom. The van der Waals surface area contributed by atoms with E-state index in [1.807, 2.05) is 30.3 Å². The largest absolute Gasteiger partial charge is 0.488 e. The van der Waals surface area contributed by atoms with E-state index in [0.717, 1.165) is 20.6 Å². The van der Waals surface area contributed by atoms with Crippen molar-refractivity contribution in [1.29, 1.82) is 0 Å². The van der Waals surface area contributed by atoms with Crippen molar-refractivity contribution in [2.75, 3.05) is 9.80 Å². The predicted molar refractivity (Wildman–Crippen MR) is 163 cm³/mol. The lowest BCUT2D eigenvalue weighted by Crippen LogP contribution is -2.57. The first-order chi connectivity index (χ1) is 20.9. The molecule has 5 aromatic rings. The second-order valence-electron chi connectivity index (χ2n) is 9.70. The van der Waals surface area contributed by atoms with Crippen LogP contribution >= 0.6 is 0 Å². The van der Waals surface area contributed by atoms with Crippen molar-refractivity contribution in [2.24, 2.45) is 0 Å². The minimum atomic E-state index is -0.780. The first-order valence-corrected chi connectivity index (χ1v) is 13.3. The molecule has 1 aliphatic rings. The Labute approximate surface area is 246 Å². The van der Waals surface area contributed by atoms with Crippen LogP contribution in [0.3, 0.4) is 0 Å². The standard InChI is InChI=1S/C34H23N3O6/c38-32-30(33(39)36(26-12-5-2-6-13-26)34(40)35(32)25-10-3-1-4-11-25)21-29-28-14-8-7-9-24(28)17-20-31(29)43-22-23-15-18-27(19-16-23)37(41)42/h1-21H,22H2. The summed E-state index contributed by atoms with van der Waals surface area (Å²) in [5.41, 5.74) is 1.57. The molecule has 1 heterocycles. The summed E-state index contributed by atoms with van der Waals surface area (Å²) in [7, 11) is 0. The van der Waals surface area contributed by atoms with Crippen LogP contribution in [0.15, 0.2) is 127 Å². The Kier molecular flexibility index (Phi) is 7.20. The summed E-state index contributed by atoms with van der Waals surface area (Å²) in [6, 6.07) is 33.2. The summed E-state index contributed by atoms with van der Waals surface area (Å²) >= 11 is 0. The molecule has 9 heteroatoms. The summed E-state index contributed by atoms with van der Waals surface area (Å²) in [5, 5.41) is 12.6. The van der Waals surface area contributed by atoms with Gasteiger partial charge in [-0.25, -0.2) is 14.6 Å². The molecule has 0 bridgehead atoms. The van der Waals surface area contributed by atoms with Gasteiger partial charge in [0, 0.05) is 17.7 Å². The van der Waals surface area contributed by atoms with Gasteiger partial charge in [-0.2, -0.15) is 0 Å². The molecule has 210 valence electrons. The van der Waals surface area contributed by atoms with Crippen molar-refractivity contribution >= 4 is 51.8 Å². The summed E-state index contributed by atoms with van der Waals surface area (Å²) in [6.45, 7) is 0.0825. The Morgan fingerprint density at radius 3 is 1.81 bits per heavy atom. The number of hydrogen-bond donors (Lipinski definition) is 0. The number of anilines is 2. The Bertz CT molecular complexity index is 1840. The lowest BCUT2D eigenvalue weighted by molar-refractivity contribution is -0.384. The highest BCUT2D eigenvalue weighted by Gasteiger charge is 2.43. The highest BCUT2D eigenvalue weighted by Crippen LogP contribution is 2.34. The molecule has 0 N–H and O–H groups in total. The van der Waals surface area contributed by atoms with Crippen LogP contribution in [0.5, 0.6) is 5.75 Å². The number of amides is 4. The van der Waals surface area contributed by atoms with E-state index in [0.29, 0.717) is 28.3 Å². The molecule has 5 aromatic carbocycles. The van der Waals surface area contributed by atoms with Crippen LogP contribution in [0.25, 0.3) is 16.8 Å². The van der Waals surface area contributed by atoms with Crippen molar-refractivity contribution < 1.29 is 24.0 Å². The monoisotopic (exact) mass is 569 g/mol. The molecule has 0 atom stereocenters. The zero-order valence-electron chi connectivity index (χ0n) is 22.6. The molecule has 1 fully saturated rings. The fourth-order valence-corrected chi connectivity index (χ4v) is 4.91. The summed E-state index contributed by atoms with van der Waals surface area (Å²) in [6.07, 6.45) is 1.47. The van der Waals surface area contributed by atoms with Crippen LogP contribution in [0.4, 0.5) is 21.9 Å². The zero-order chi connectivity index (χ0) is 29.9. The average Bonchev–Trinajstić information content (AvgIpc) is 3.03. The highest BCUT2D eigenvalue weighted by atomic mass is 16.6. The predicted octanol–water partition coefficient (Wildman–Crippen LogP) is 6.91. The molecule has 0 aliphatic carbocycles. The normalized spacial score (nSPS) is 13.4. The van der Waals surface area contributed by atoms with E-state index < -0.39 is 22.8 Å². The minimum Gasteiger partial charge on any atom is -0.488 e. The maximum atomic E-state index is 13.9. The molecule has 0 aromatic heterocycles. The fourth-order valence-electron chi connectivity index (χ4n) is 4.91. The average molecular weight is 570 g/mol. The molecule has 1 saturated heterocycles. The van der Waals surface area contributed by atoms with Gasteiger partial charge in [0.15, 0.2) is 0 Å². The van der Waals surface area contributed by atoms with Crippen LogP contribution in [0.2, 0.25) is 0 Å². The van der Waals surface area contributed by atoms with Gasteiger partial charge < -0.3 is 4.74 Å². The van der Waals surface area contributed by atoms with Crippen molar-refractivity contribution in [3.05, 3.63) is 148 Å². The Morgan fingerprint density at radius 2 is 1.23 bits per heavy atom. The van der Waals surface area contributed by atoms with Crippen molar-refractivity contribution in [3.8, 4) is 5.75 Å². The second-order valence-corrected chi connectivity index (χ2v) is 9.70. The van der Waals surface area contributed by atoms with Crippen molar-refractivity contribution in [2.45, 2.75) is 6.61 Å². The topological polar surface area (TPSA) is 110 Å². The van der Waals surface area contributed by atoms with Crippen LogP contribution in [0.1, 0.15) is 11.1 Å². The number of carbonyl (C=O) groups excluding carboxylic acids is 3. The van der Waals surface area contributed by atoms with E-state index in [2.05, 4.69) is 0 Å². The molecule has 0 unspecified atom stereocenters. The lowest BCUT2D eigenvalue weighted by Gasteiger charge is -2.34. The smallest absolute Gasteiger partial charge is 0.343 e. The van der Waals surface area contributed by atoms with Gasteiger partial charge >= 0.3 is 6.03 Å². The molecule has 1 aliphatic heterocycles. The minimum absolute atomic E-state index is 0.0327. The van der Waals surface area contributed by atoms with Crippen molar-refractivity contribution in [3.63, 3.8) is 0 Å². The molecular formula is C34H23N3O6. The maximum Gasteiger partial charge on any atom is 0.343 e. The molecule has 4 amide bonds. The van der Waals surface area contributed by atoms with Crippen LogP contribution in [0, 0.1) is 10.1 Å². The Balaban J connectivity index is 1.47. The van der Waals surface area contributed by atoms with E-state index in [4.69, 9.17) is 4.74 Å². The summed E-state index contributed by atoms with van der Waals surface area (Å²) in [5.74, 6) is -1.13. The third kappa shape index (κ3) is 5.22. The first-order valence-electron chi connectivity index (χ1n) is 13.3. The number of imide groups is 2. The number of nitro groups is 1. The fraction of sp³-hybridized carbons (Fsp3) is 0.0294. The van der Waals surface area contributed by atoms with Crippen LogP contribution in [-0.4, -0.2) is 22.8 Å². The van der Waals surface area contributed by atoms with Crippen LogP contribution < -0.4 is 14.5 Å². The van der Waals surface area contributed by atoms with E-state index in [1.54, 1.807) is 78.9 Å². The third-order valence-electron chi connectivity index (χ3n) is 7.04. The third-order valence-corrected chi connectivity index (χ3v) is 7.04. The van der Waals surface area contributed by atoms with Gasteiger partial charge in [0.05, 0.1) is 16.3 Å². The maximum absolute atomic E-state index is 13.9. The number of fused-ring (bicyclic) bond motifs is 1. The molecule has 0 radical (unpaired) electrons. The van der Waals surface area contributed by atoms with E-state index >= 15 is 0 Å². The number of nitrogens with zero attached hydrogens (tertiary/aromatic N) is 3. The van der Waals surface area contributed by atoms with E-state index in [1.165, 1.54) is 18.2 Å². The van der Waals surface area contributed by atoms with E-state index in [-0.39, 0.29) is 17.9 Å². The molecular weight excluding hydrogens is 546 g/mol. The number of carbonyl (C=O) groups is 3. The number of urea groups is 1. The number of nitro benzene ring substituents is 1. The Hall–Kier alpha value is -6.09. The van der Waals surface area contributed by atoms with Crippen LogP contribution in [-0.2, 0) is 16.2 Å². The first kappa shape index (κ1) is 27.1. The van der Waals surface area contributed by atoms with Gasteiger partial charge in [-0.05, 0) is 64.9 Å². The lowest BCUT2D eigenvalue weighted by atomic mass is 9.99. The number of benzene rings is 5. The van der Waals surface area contributed by atoms with Gasteiger partial charge in [-0.3, -0.25) is 19.7 Å². The SMILES string of the molecule is O=C1C(=Cc2c(OCc3ccc([N+](=O)[O-])cc3)ccc3ccccc23)C(=O)N(c2ccccc2)C(=O)N1c1ccccc1. The number of para-hydroxylation sites is 2. The van der Waals surface area contributed by atoms with E-state index in [9.17, 15) is 24.5 Å². The number of ether oxygens (including phenoxy) is 1. The molecule has 9 nitrogen and oxygen atoms in total. The molecule has 43 heavy (non-hydrogen) atoms. The number of hydrogen-bond acceptors (Lipinski definition) is 6. The van der Waals surface area contributed by atoms with Crippen molar-refractivity contribution in [1.82, 2.24) is 0 Å². The second kappa shape index (κ2) is 11.4. The number of non-ortho nitro benzene ring substituents is 1. The van der Waals surface area contributed by atoms with Gasteiger partial charge in [0.2, 0.25) is 0 Å². The van der Waals surface area contributed by atoms with Gasteiger partial charge in [-0.15, -0.1) is 0 Å². The van der Waals surface area contributed by atoms with Gasteiger partial charge in [0.25, 0.3) is 17.5 Å². The highest BCUT2D eigenvalue weighted by molar-refractivity contribution is 6.46. The molecule has 6 rings (SSSR count).